The van der Waals surface area contributed by atoms with Gasteiger partial charge in [-0.2, -0.15) is 0 Å². The first-order chi connectivity index (χ1) is 21.2. The number of carbonyl (C=O) groups excluding carboxylic acids is 3. The molecule has 234 valence electrons. The van der Waals surface area contributed by atoms with Crippen molar-refractivity contribution in [3.8, 4) is 11.5 Å². The first kappa shape index (κ1) is 32.5. The second kappa shape index (κ2) is 15.9. The Morgan fingerprint density at radius 2 is 1.48 bits per heavy atom. The molecule has 0 aliphatic carbocycles. The normalized spacial score (nSPS) is 13.4. The molecule has 0 aromatic heterocycles. The summed E-state index contributed by atoms with van der Waals surface area (Å²) in [5.41, 5.74) is 3.51. The van der Waals surface area contributed by atoms with Crippen LogP contribution in [0.4, 0.5) is 11.4 Å². The maximum absolute atomic E-state index is 13.3. The highest BCUT2D eigenvalue weighted by atomic mass is 16.5. The Bertz CT molecular complexity index is 1430. The summed E-state index contributed by atoms with van der Waals surface area (Å²) in [6, 6.07) is 16.6. The number of anilines is 2. The molecule has 1 aliphatic rings. The van der Waals surface area contributed by atoms with Crippen LogP contribution in [-0.4, -0.2) is 79.6 Å². The Labute approximate surface area is 259 Å². The molecule has 0 unspecified atom stereocenters. The van der Waals surface area contributed by atoms with Crippen molar-refractivity contribution in [1.29, 1.82) is 0 Å². The van der Waals surface area contributed by atoms with Crippen molar-refractivity contribution in [2.45, 2.75) is 39.2 Å². The van der Waals surface area contributed by atoms with Crippen LogP contribution in [0.15, 0.2) is 60.7 Å². The van der Waals surface area contributed by atoms with Gasteiger partial charge in [-0.25, -0.2) is 0 Å². The number of ether oxygens (including phenoxy) is 2. The summed E-state index contributed by atoms with van der Waals surface area (Å²) in [6.45, 7) is 6.08. The second-order valence-electron chi connectivity index (χ2n) is 11.1. The molecule has 1 fully saturated rings. The summed E-state index contributed by atoms with van der Waals surface area (Å²) in [4.78, 5) is 42.6. The molecule has 3 N–H and O–H groups in total. The van der Waals surface area contributed by atoms with Crippen LogP contribution >= 0.6 is 0 Å². The number of piperazine rings is 1. The van der Waals surface area contributed by atoms with E-state index >= 15 is 0 Å². The molecule has 3 aromatic rings. The van der Waals surface area contributed by atoms with Crippen LogP contribution in [0.1, 0.15) is 57.5 Å². The third-order valence-electron chi connectivity index (χ3n) is 7.58. The molecule has 3 amide bonds. The van der Waals surface area contributed by atoms with Crippen LogP contribution < -0.4 is 15.4 Å². The van der Waals surface area contributed by atoms with Crippen molar-refractivity contribution in [2.75, 3.05) is 57.6 Å². The van der Waals surface area contributed by atoms with Crippen LogP contribution in [0.25, 0.3) is 0 Å². The van der Waals surface area contributed by atoms with E-state index in [-0.39, 0.29) is 30.1 Å². The van der Waals surface area contributed by atoms with E-state index in [1.54, 1.807) is 25.3 Å². The smallest absolute Gasteiger partial charge is 0.255 e. The van der Waals surface area contributed by atoms with Crippen molar-refractivity contribution in [3.63, 3.8) is 0 Å². The molecule has 0 atom stereocenters. The minimum Gasteiger partial charge on any atom is -0.508 e. The fourth-order valence-corrected chi connectivity index (χ4v) is 4.94. The number of rotatable bonds is 13. The molecular formula is C34H42N4O6. The fraction of sp³-hybridized carbons (Fsp3) is 0.382. The Morgan fingerprint density at radius 3 is 2.20 bits per heavy atom. The number of likely N-dealkylation sites (N-methyl/N-ethyl adjacent to an activating group) is 1. The Kier molecular flexibility index (Phi) is 11.7. The van der Waals surface area contributed by atoms with Crippen LogP contribution in [-0.2, 0) is 16.1 Å². The number of nitrogens with zero attached hydrogens (tertiary/aromatic N) is 2. The number of amides is 3. The molecule has 0 bridgehead atoms. The van der Waals surface area contributed by atoms with Crippen molar-refractivity contribution < 1.29 is 29.0 Å². The zero-order chi connectivity index (χ0) is 31.5. The van der Waals surface area contributed by atoms with E-state index in [1.807, 2.05) is 30.0 Å². The third-order valence-corrected chi connectivity index (χ3v) is 7.58. The number of carbonyl (C=O) groups is 3. The Balaban J connectivity index is 1.31. The summed E-state index contributed by atoms with van der Waals surface area (Å²) >= 11 is 0. The lowest BCUT2D eigenvalue weighted by Crippen LogP contribution is -2.47. The third kappa shape index (κ3) is 9.29. The van der Waals surface area contributed by atoms with E-state index in [9.17, 15) is 19.5 Å². The van der Waals surface area contributed by atoms with Crippen LogP contribution in [0.3, 0.4) is 0 Å². The zero-order valence-corrected chi connectivity index (χ0v) is 25.7. The highest BCUT2D eigenvalue weighted by molar-refractivity contribution is 6.07. The quantitative estimate of drug-likeness (QED) is 0.234. The first-order valence-electron chi connectivity index (χ1n) is 15.0. The average Bonchev–Trinajstić information content (AvgIpc) is 3.01. The van der Waals surface area contributed by atoms with Gasteiger partial charge in [0.15, 0.2) is 0 Å². The van der Waals surface area contributed by atoms with E-state index in [2.05, 4.69) is 22.6 Å². The maximum atomic E-state index is 13.3. The summed E-state index contributed by atoms with van der Waals surface area (Å²) in [6.07, 6.45) is 3.06. The van der Waals surface area contributed by atoms with Gasteiger partial charge in [0.2, 0.25) is 5.91 Å². The van der Waals surface area contributed by atoms with Gasteiger partial charge in [0.25, 0.3) is 11.8 Å². The van der Waals surface area contributed by atoms with Crippen molar-refractivity contribution in [1.82, 2.24) is 9.80 Å². The molecule has 4 rings (SSSR count). The topological polar surface area (TPSA) is 120 Å². The molecule has 0 spiro atoms. The number of phenolic OH excluding ortho intramolecular Hbond substituents is 1. The van der Waals surface area contributed by atoms with Gasteiger partial charge in [-0.3, -0.25) is 14.4 Å². The van der Waals surface area contributed by atoms with Crippen molar-refractivity contribution in [2.24, 2.45) is 0 Å². The number of nitrogens with one attached hydrogen (secondary N) is 2. The Hall–Kier alpha value is -4.41. The standard InChI is InChI=1S/C34H42N4O6/c1-24-8-14-30(31(21-24)44-20-6-4-5-7-32(40)38-18-16-37(2)17-19-38)36-34(42)26-11-15-29(27(22-26)23-43-3)35-33(41)25-9-12-28(39)13-10-25/h8-15,21-22,39H,4-7,16-20,23H2,1-3H3,(H,35,41)(H,36,42). The van der Waals surface area contributed by atoms with Gasteiger partial charge < -0.3 is 35.0 Å². The predicted octanol–water partition coefficient (Wildman–Crippen LogP) is 5.06. The van der Waals surface area contributed by atoms with Crippen LogP contribution in [0.2, 0.25) is 0 Å². The number of aromatic hydroxyl groups is 1. The van der Waals surface area contributed by atoms with Crippen LogP contribution in [0, 0.1) is 6.92 Å². The molecule has 10 nitrogen and oxygen atoms in total. The zero-order valence-electron chi connectivity index (χ0n) is 25.7. The number of aryl methyl sites for hydroxylation is 1. The van der Waals surface area contributed by atoms with Crippen molar-refractivity contribution >= 4 is 29.1 Å². The van der Waals surface area contributed by atoms with Gasteiger partial charge in [-0.1, -0.05) is 6.07 Å². The monoisotopic (exact) mass is 602 g/mol. The summed E-state index contributed by atoms with van der Waals surface area (Å²) < 4.78 is 11.4. The highest BCUT2D eigenvalue weighted by Gasteiger charge is 2.19. The molecule has 44 heavy (non-hydrogen) atoms. The largest absolute Gasteiger partial charge is 0.508 e. The molecule has 3 aromatic carbocycles. The van der Waals surface area contributed by atoms with Gasteiger partial charge in [-0.15, -0.1) is 0 Å². The summed E-state index contributed by atoms with van der Waals surface area (Å²) in [7, 11) is 3.62. The first-order valence-corrected chi connectivity index (χ1v) is 15.0. The summed E-state index contributed by atoms with van der Waals surface area (Å²) in [5, 5.41) is 15.3. The number of unbranched alkanes of at least 4 members (excludes halogenated alkanes) is 2. The lowest BCUT2D eigenvalue weighted by molar-refractivity contribution is -0.132. The Morgan fingerprint density at radius 1 is 0.818 bits per heavy atom. The van der Waals surface area contributed by atoms with Gasteiger partial charge in [-0.05, 0) is 93.4 Å². The van der Waals surface area contributed by atoms with Crippen LogP contribution in [0.5, 0.6) is 11.5 Å². The average molecular weight is 603 g/mol. The fourth-order valence-electron chi connectivity index (χ4n) is 4.94. The van der Waals surface area contributed by atoms with E-state index in [1.165, 1.54) is 24.3 Å². The number of hydrogen-bond donors (Lipinski definition) is 3. The van der Waals surface area contributed by atoms with E-state index < -0.39 is 0 Å². The minimum absolute atomic E-state index is 0.0731. The molecule has 1 heterocycles. The number of phenols is 1. The maximum Gasteiger partial charge on any atom is 0.255 e. The lowest BCUT2D eigenvalue weighted by Gasteiger charge is -2.32. The minimum atomic E-state index is -0.345. The number of benzene rings is 3. The summed E-state index contributed by atoms with van der Waals surface area (Å²) in [5.74, 6) is 0.215. The predicted molar refractivity (Wildman–Crippen MR) is 170 cm³/mol. The molecule has 1 aliphatic heterocycles. The lowest BCUT2D eigenvalue weighted by atomic mass is 10.1. The number of hydrogen-bond acceptors (Lipinski definition) is 7. The van der Waals surface area contributed by atoms with E-state index in [0.717, 1.165) is 51.0 Å². The highest BCUT2D eigenvalue weighted by Crippen LogP contribution is 2.28. The second-order valence-corrected chi connectivity index (χ2v) is 11.1. The van der Waals surface area contributed by atoms with Gasteiger partial charge in [0.1, 0.15) is 11.5 Å². The van der Waals surface area contributed by atoms with E-state index in [0.29, 0.717) is 46.8 Å². The van der Waals surface area contributed by atoms with Crippen molar-refractivity contribution in [3.05, 3.63) is 82.9 Å². The van der Waals surface area contributed by atoms with E-state index in [4.69, 9.17) is 9.47 Å². The SMILES string of the molecule is COCc1cc(C(=O)Nc2ccc(C)cc2OCCCCCC(=O)N2CCN(C)CC2)ccc1NC(=O)c1ccc(O)cc1. The van der Waals surface area contributed by atoms with Gasteiger partial charge in [0, 0.05) is 62.1 Å². The van der Waals surface area contributed by atoms with Gasteiger partial charge in [0.05, 0.1) is 18.9 Å². The molecule has 10 heteroatoms. The molecule has 0 saturated carbocycles. The molecular weight excluding hydrogens is 560 g/mol. The van der Waals surface area contributed by atoms with Gasteiger partial charge >= 0.3 is 0 Å². The number of methoxy groups -OCH3 is 1. The molecule has 0 radical (unpaired) electrons. The molecule has 1 saturated heterocycles.